The van der Waals surface area contributed by atoms with Gasteiger partial charge in [-0.25, -0.2) is 0 Å². The first-order valence-corrected chi connectivity index (χ1v) is 7.02. The fraction of sp³-hybridized carbons (Fsp3) is 0.429. The summed E-state index contributed by atoms with van der Waals surface area (Å²) in [6.45, 7) is 4.78. The van der Waals surface area contributed by atoms with Gasteiger partial charge in [-0.15, -0.1) is 0 Å². The molecule has 0 saturated heterocycles. The molecule has 1 N–H and O–H groups in total. The Hall–Kier alpha value is -0.940. The quantitative estimate of drug-likeness (QED) is 0.776. The van der Waals surface area contributed by atoms with Crippen molar-refractivity contribution in [2.75, 3.05) is 0 Å². The molecule has 1 aromatic heterocycles. The number of fused-ring (bicyclic) bond motifs is 1. The molecule has 3 nitrogen and oxygen atoms in total. The second kappa shape index (κ2) is 7.01. The largest absolute Gasteiger partial charge is 1.00 e. The normalized spacial score (nSPS) is 12.1. The van der Waals surface area contributed by atoms with Gasteiger partial charge in [0.1, 0.15) is 11.2 Å². The van der Waals surface area contributed by atoms with Crippen LogP contribution in [-0.2, 0) is 11.3 Å². The van der Waals surface area contributed by atoms with Gasteiger partial charge in [-0.3, -0.25) is 4.79 Å². The molecule has 0 amide bonds. The summed E-state index contributed by atoms with van der Waals surface area (Å²) in [6, 6.07) is 8.35. The first-order valence-electron chi connectivity index (χ1n) is 6.20. The molecule has 1 heterocycles. The molecule has 2 aromatic rings. The first-order chi connectivity index (χ1) is 8.59. The van der Waals surface area contributed by atoms with E-state index in [9.17, 15) is 4.79 Å². The van der Waals surface area contributed by atoms with Crippen molar-refractivity contribution < 1.29 is 31.4 Å². The molecule has 0 saturated carbocycles. The summed E-state index contributed by atoms with van der Waals surface area (Å²) in [5.41, 5.74) is 1.25. The number of benzene rings is 1. The fourth-order valence-electron chi connectivity index (χ4n) is 2.11. The number of halogens is 1. The summed E-state index contributed by atoms with van der Waals surface area (Å²) in [4.78, 5) is 10.8. The number of carboxylic acids is 1. The number of carbonyl (C=O) groups is 1. The van der Waals surface area contributed by atoms with E-state index in [2.05, 4.69) is 29.7 Å². The smallest absolute Gasteiger partial charge is 0.306 e. The third-order valence-corrected chi connectivity index (χ3v) is 4.32. The Bertz CT molecular complexity index is 568. The Morgan fingerprint density at radius 1 is 1.42 bits per heavy atom. The number of hydrogen-bond donors (Lipinski definition) is 1. The third kappa shape index (κ3) is 3.76. The number of nitrogens with zero attached hydrogens (tertiary/aromatic N) is 1. The van der Waals surface area contributed by atoms with E-state index in [1.54, 1.807) is 18.3 Å². The van der Waals surface area contributed by atoms with Gasteiger partial charge in [0.2, 0.25) is 10.5 Å². The molecule has 0 radical (unpaired) electrons. The van der Waals surface area contributed by atoms with E-state index in [0.29, 0.717) is 0 Å². The second-order valence-electron chi connectivity index (χ2n) is 4.62. The van der Waals surface area contributed by atoms with E-state index >= 15 is 0 Å². The summed E-state index contributed by atoms with van der Waals surface area (Å²) in [7, 11) is 0. The van der Waals surface area contributed by atoms with E-state index in [4.69, 9.17) is 5.11 Å². The molecule has 1 aromatic carbocycles. The van der Waals surface area contributed by atoms with Crippen LogP contribution in [0, 0.1) is 12.8 Å². The van der Waals surface area contributed by atoms with Crippen LogP contribution in [-0.4, -0.2) is 11.1 Å². The first kappa shape index (κ1) is 16.1. The van der Waals surface area contributed by atoms with Gasteiger partial charge in [-0.05, 0) is 12.5 Å². The van der Waals surface area contributed by atoms with Crippen LogP contribution >= 0.6 is 11.3 Å². The van der Waals surface area contributed by atoms with Crippen molar-refractivity contribution in [1.29, 1.82) is 0 Å². The van der Waals surface area contributed by atoms with Crippen molar-refractivity contribution in [2.45, 2.75) is 33.2 Å². The van der Waals surface area contributed by atoms with Crippen LogP contribution in [0.4, 0.5) is 0 Å². The number of thiazole rings is 1. The lowest BCUT2D eigenvalue weighted by atomic mass is 10.1. The highest BCUT2D eigenvalue weighted by molar-refractivity contribution is 7.18. The predicted molar refractivity (Wildman–Crippen MR) is 72.8 cm³/mol. The molecule has 0 aliphatic heterocycles. The maximum Gasteiger partial charge on any atom is 0.306 e. The lowest BCUT2D eigenvalue weighted by molar-refractivity contribution is -0.673. The second-order valence-corrected chi connectivity index (χ2v) is 5.86. The van der Waals surface area contributed by atoms with Crippen LogP contribution < -0.4 is 21.5 Å². The van der Waals surface area contributed by atoms with Gasteiger partial charge in [-0.2, -0.15) is 4.57 Å². The highest BCUT2D eigenvalue weighted by Gasteiger charge is 2.17. The van der Waals surface area contributed by atoms with Gasteiger partial charge in [0.25, 0.3) is 0 Å². The average molecular weight is 344 g/mol. The van der Waals surface area contributed by atoms with Crippen LogP contribution in [0.25, 0.3) is 10.2 Å². The predicted octanol–water partition coefficient (Wildman–Crippen LogP) is 0.00212. The monoisotopic (exact) mass is 343 g/mol. The SMILES string of the molecule is Cc1sc2ccccc2[n+]1CCCC(C)C(=O)O.[Br-]. The molecule has 0 spiro atoms. The molecule has 19 heavy (non-hydrogen) atoms. The van der Waals surface area contributed by atoms with E-state index in [1.165, 1.54) is 15.2 Å². The number of rotatable bonds is 5. The molecule has 0 fully saturated rings. The van der Waals surface area contributed by atoms with Crippen LogP contribution in [0.5, 0.6) is 0 Å². The van der Waals surface area contributed by atoms with E-state index in [0.717, 1.165) is 19.4 Å². The minimum absolute atomic E-state index is 0. The van der Waals surface area contributed by atoms with Crippen molar-refractivity contribution in [3.05, 3.63) is 29.3 Å². The maximum absolute atomic E-state index is 10.8. The highest BCUT2D eigenvalue weighted by Crippen LogP contribution is 2.19. The molecule has 0 bridgehead atoms. The highest BCUT2D eigenvalue weighted by atomic mass is 79.9. The lowest BCUT2D eigenvalue weighted by Gasteiger charge is -2.03. The number of aryl methyl sites for hydroxylation is 2. The van der Waals surface area contributed by atoms with Crippen LogP contribution in [0.3, 0.4) is 0 Å². The maximum atomic E-state index is 10.8. The Labute approximate surface area is 127 Å². The number of carboxylic acid groups (broad SMARTS) is 1. The van der Waals surface area contributed by atoms with E-state index in [-0.39, 0.29) is 22.9 Å². The molecule has 2 rings (SSSR count). The van der Waals surface area contributed by atoms with Crippen molar-refractivity contribution in [3.8, 4) is 0 Å². The van der Waals surface area contributed by atoms with Crippen LogP contribution in [0.15, 0.2) is 24.3 Å². The Balaban J connectivity index is 0.00000180. The summed E-state index contributed by atoms with van der Waals surface area (Å²) < 4.78 is 3.58. The van der Waals surface area contributed by atoms with Gasteiger partial charge >= 0.3 is 5.97 Å². The van der Waals surface area contributed by atoms with E-state index < -0.39 is 5.97 Å². The summed E-state index contributed by atoms with van der Waals surface area (Å²) in [5, 5.41) is 10.1. The Morgan fingerprint density at radius 3 is 2.79 bits per heavy atom. The van der Waals surface area contributed by atoms with Crippen molar-refractivity contribution in [3.63, 3.8) is 0 Å². The molecule has 1 unspecified atom stereocenters. The molecule has 5 heteroatoms. The van der Waals surface area contributed by atoms with Crippen molar-refractivity contribution >= 4 is 27.5 Å². The number of aliphatic carboxylic acids is 1. The average Bonchev–Trinajstić information content (AvgIpc) is 2.65. The standard InChI is InChI=1S/C14H17NO2S.BrH/c1-10(14(16)17)6-5-9-15-11(2)18-13-8-4-3-7-12(13)15;/h3-4,7-8,10H,5-6,9H2,1-2H3;1H. The summed E-state index contributed by atoms with van der Waals surface area (Å²) in [6.07, 6.45) is 1.63. The fourth-order valence-corrected chi connectivity index (χ4v) is 3.15. The topological polar surface area (TPSA) is 41.2 Å². The van der Waals surface area contributed by atoms with E-state index in [1.807, 2.05) is 6.07 Å². The van der Waals surface area contributed by atoms with Crippen molar-refractivity contribution in [2.24, 2.45) is 5.92 Å². The molecule has 1 atom stereocenters. The third-order valence-electron chi connectivity index (χ3n) is 3.23. The molecular formula is C14H18BrNO2S. The zero-order chi connectivity index (χ0) is 13.1. The molecule has 0 aliphatic carbocycles. The molecule has 104 valence electrons. The number of hydrogen-bond acceptors (Lipinski definition) is 2. The van der Waals surface area contributed by atoms with Crippen LogP contribution in [0.2, 0.25) is 0 Å². The zero-order valence-electron chi connectivity index (χ0n) is 11.1. The number of aromatic nitrogens is 1. The van der Waals surface area contributed by atoms with Gasteiger partial charge in [0.15, 0.2) is 0 Å². The Kier molecular flexibility index (Phi) is 5.94. The number of para-hydroxylation sites is 1. The summed E-state index contributed by atoms with van der Waals surface area (Å²) >= 11 is 1.79. The molecule has 0 aliphatic rings. The molecular weight excluding hydrogens is 326 g/mol. The zero-order valence-corrected chi connectivity index (χ0v) is 13.5. The van der Waals surface area contributed by atoms with Crippen molar-refractivity contribution in [1.82, 2.24) is 0 Å². The van der Waals surface area contributed by atoms with Crippen LogP contribution in [0.1, 0.15) is 24.8 Å². The Morgan fingerprint density at radius 2 is 2.11 bits per heavy atom. The minimum atomic E-state index is -0.702. The summed E-state index contributed by atoms with van der Waals surface area (Å²) in [5.74, 6) is -0.956. The lowest BCUT2D eigenvalue weighted by Crippen LogP contribution is -3.00. The van der Waals surface area contributed by atoms with Gasteiger partial charge < -0.3 is 22.1 Å². The van der Waals surface area contributed by atoms with Gasteiger partial charge in [0.05, 0.1) is 5.92 Å². The minimum Gasteiger partial charge on any atom is -1.00 e. The van der Waals surface area contributed by atoms with Gasteiger partial charge in [0, 0.05) is 19.4 Å². The van der Waals surface area contributed by atoms with Gasteiger partial charge in [-0.1, -0.05) is 30.4 Å².